The van der Waals surface area contributed by atoms with Crippen LogP contribution in [-0.4, -0.2) is 17.0 Å². The lowest BCUT2D eigenvalue weighted by Crippen LogP contribution is -2.12. The van der Waals surface area contributed by atoms with Crippen molar-refractivity contribution in [3.8, 4) is 0 Å². The van der Waals surface area contributed by atoms with Gasteiger partial charge in [-0.15, -0.1) is 0 Å². The van der Waals surface area contributed by atoms with Crippen LogP contribution in [0.15, 0.2) is 29.3 Å². The number of nitrogens with zero attached hydrogens (tertiary/aromatic N) is 1. The van der Waals surface area contributed by atoms with E-state index >= 15 is 0 Å². The van der Waals surface area contributed by atoms with Gasteiger partial charge in [0.2, 0.25) is 0 Å². The highest BCUT2D eigenvalue weighted by atomic mass is 32.2. The summed E-state index contributed by atoms with van der Waals surface area (Å²) in [6.07, 6.45) is 0. The first-order chi connectivity index (χ1) is 7.65. The number of hydrogen-bond donors (Lipinski definition) is 1. The van der Waals surface area contributed by atoms with E-state index in [1.54, 1.807) is 23.9 Å². The number of thioether (sulfide) groups is 1. The van der Waals surface area contributed by atoms with Crippen molar-refractivity contribution in [2.75, 3.05) is 11.1 Å². The van der Waals surface area contributed by atoms with E-state index in [2.05, 4.69) is 24.2 Å². The summed E-state index contributed by atoms with van der Waals surface area (Å²) in [5, 5.41) is 4.13. The fraction of sp³-hybridized carbons (Fsp3) is 0.417. The number of halogens is 1. The molecule has 1 N–H and O–H groups in total. The van der Waals surface area contributed by atoms with Gasteiger partial charge in [-0.1, -0.05) is 25.6 Å². The fourth-order valence-corrected chi connectivity index (χ4v) is 2.64. The lowest BCUT2D eigenvalue weighted by Gasteiger charge is -2.08. The molecule has 1 unspecified atom stereocenters. The van der Waals surface area contributed by atoms with Gasteiger partial charge in [-0.25, -0.2) is 4.39 Å². The highest BCUT2D eigenvalue weighted by Gasteiger charge is 2.20. The van der Waals surface area contributed by atoms with Gasteiger partial charge in [-0.3, -0.25) is 4.99 Å². The van der Waals surface area contributed by atoms with Crippen molar-refractivity contribution in [3.05, 3.63) is 30.1 Å². The molecule has 1 heterocycles. The molecule has 1 aliphatic rings. The molecule has 0 amide bonds. The van der Waals surface area contributed by atoms with Crippen molar-refractivity contribution in [1.82, 2.24) is 0 Å². The van der Waals surface area contributed by atoms with Crippen LogP contribution in [-0.2, 0) is 0 Å². The Morgan fingerprint density at radius 3 is 2.62 bits per heavy atom. The summed E-state index contributed by atoms with van der Waals surface area (Å²) < 4.78 is 12.7. The van der Waals surface area contributed by atoms with Crippen LogP contribution in [0, 0.1) is 11.7 Å². The van der Waals surface area contributed by atoms with Gasteiger partial charge in [0.05, 0.1) is 6.04 Å². The molecule has 1 aliphatic heterocycles. The maximum Gasteiger partial charge on any atom is 0.161 e. The van der Waals surface area contributed by atoms with Crippen LogP contribution in [0.3, 0.4) is 0 Å². The molecule has 0 aliphatic carbocycles. The molecule has 0 aromatic heterocycles. The molecule has 0 saturated carbocycles. The average molecular weight is 238 g/mol. The van der Waals surface area contributed by atoms with Gasteiger partial charge < -0.3 is 5.32 Å². The highest BCUT2D eigenvalue weighted by Crippen LogP contribution is 2.24. The van der Waals surface area contributed by atoms with Crippen LogP contribution in [0.25, 0.3) is 0 Å². The Kier molecular flexibility index (Phi) is 3.49. The molecule has 1 atom stereocenters. The third-order valence-electron chi connectivity index (χ3n) is 2.54. The number of anilines is 1. The Hall–Kier alpha value is -1.03. The van der Waals surface area contributed by atoms with Gasteiger partial charge in [0.15, 0.2) is 5.17 Å². The van der Waals surface area contributed by atoms with E-state index < -0.39 is 0 Å². The molecule has 1 aromatic rings. The first kappa shape index (κ1) is 11.5. The van der Waals surface area contributed by atoms with E-state index in [0.29, 0.717) is 12.0 Å². The second-order valence-electron chi connectivity index (χ2n) is 4.19. The smallest absolute Gasteiger partial charge is 0.161 e. The summed E-state index contributed by atoms with van der Waals surface area (Å²) in [4.78, 5) is 4.58. The van der Waals surface area contributed by atoms with Crippen molar-refractivity contribution in [2.45, 2.75) is 19.9 Å². The molecule has 0 spiro atoms. The van der Waals surface area contributed by atoms with Crippen molar-refractivity contribution in [1.29, 1.82) is 0 Å². The summed E-state index contributed by atoms with van der Waals surface area (Å²) in [6.45, 7) is 4.35. The minimum Gasteiger partial charge on any atom is -0.335 e. The fourth-order valence-electron chi connectivity index (χ4n) is 1.46. The number of hydrogen-bond acceptors (Lipinski definition) is 3. The van der Waals surface area contributed by atoms with E-state index in [9.17, 15) is 4.39 Å². The Balaban J connectivity index is 2.01. The minimum atomic E-state index is -0.216. The molecule has 1 aromatic carbocycles. The zero-order valence-electron chi connectivity index (χ0n) is 9.40. The Morgan fingerprint density at radius 1 is 1.38 bits per heavy atom. The van der Waals surface area contributed by atoms with Gasteiger partial charge in [0.25, 0.3) is 0 Å². The Bertz CT molecular complexity index is 387. The maximum absolute atomic E-state index is 12.7. The van der Waals surface area contributed by atoms with E-state index in [0.717, 1.165) is 16.6 Å². The van der Waals surface area contributed by atoms with E-state index in [1.807, 2.05) is 0 Å². The summed E-state index contributed by atoms with van der Waals surface area (Å²) in [6, 6.07) is 6.74. The monoisotopic (exact) mass is 238 g/mol. The zero-order chi connectivity index (χ0) is 11.5. The van der Waals surface area contributed by atoms with E-state index in [1.165, 1.54) is 12.1 Å². The lowest BCUT2D eigenvalue weighted by atomic mass is 10.1. The summed E-state index contributed by atoms with van der Waals surface area (Å²) in [5.74, 6) is 1.38. The Morgan fingerprint density at radius 2 is 2.06 bits per heavy atom. The van der Waals surface area contributed by atoms with E-state index in [-0.39, 0.29) is 5.82 Å². The highest BCUT2D eigenvalue weighted by molar-refractivity contribution is 8.14. The van der Waals surface area contributed by atoms with Gasteiger partial charge >= 0.3 is 0 Å². The summed E-state index contributed by atoms with van der Waals surface area (Å²) in [5.41, 5.74) is 0.886. The van der Waals surface area contributed by atoms with Crippen molar-refractivity contribution < 1.29 is 4.39 Å². The van der Waals surface area contributed by atoms with E-state index in [4.69, 9.17) is 0 Å². The number of nitrogens with one attached hydrogen (secondary N) is 1. The van der Waals surface area contributed by atoms with Crippen molar-refractivity contribution in [2.24, 2.45) is 10.9 Å². The van der Waals surface area contributed by atoms with Gasteiger partial charge in [0.1, 0.15) is 5.82 Å². The summed E-state index contributed by atoms with van der Waals surface area (Å²) in [7, 11) is 0. The molecule has 4 heteroatoms. The molecule has 86 valence electrons. The largest absolute Gasteiger partial charge is 0.335 e. The van der Waals surface area contributed by atoms with Crippen LogP contribution in [0.5, 0.6) is 0 Å². The maximum atomic E-state index is 12.7. The quantitative estimate of drug-likeness (QED) is 0.854. The van der Waals surface area contributed by atoms with Gasteiger partial charge in [-0.2, -0.15) is 0 Å². The van der Waals surface area contributed by atoms with Crippen LogP contribution in [0.1, 0.15) is 13.8 Å². The third-order valence-corrected chi connectivity index (χ3v) is 3.53. The SMILES string of the molecule is CC(C)C1CSC(Nc2ccc(F)cc2)=N1. The number of benzene rings is 1. The van der Waals surface area contributed by atoms with Crippen LogP contribution in [0.4, 0.5) is 10.1 Å². The van der Waals surface area contributed by atoms with Crippen LogP contribution < -0.4 is 5.32 Å². The number of rotatable bonds is 2. The topological polar surface area (TPSA) is 24.4 Å². The van der Waals surface area contributed by atoms with Crippen LogP contribution >= 0.6 is 11.8 Å². The molecule has 2 nitrogen and oxygen atoms in total. The number of aliphatic imine (C=N–C) groups is 1. The zero-order valence-corrected chi connectivity index (χ0v) is 10.2. The third kappa shape index (κ3) is 2.76. The second kappa shape index (κ2) is 4.87. The molecule has 0 radical (unpaired) electrons. The predicted molar refractivity (Wildman–Crippen MR) is 68.5 cm³/mol. The predicted octanol–water partition coefficient (Wildman–Crippen LogP) is 3.37. The normalized spacial score (nSPS) is 20.0. The molecule has 2 rings (SSSR count). The van der Waals surface area contributed by atoms with Gasteiger partial charge in [-0.05, 0) is 30.2 Å². The first-order valence-electron chi connectivity index (χ1n) is 5.38. The van der Waals surface area contributed by atoms with Gasteiger partial charge in [0, 0.05) is 11.4 Å². The first-order valence-corrected chi connectivity index (χ1v) is 6.37. The standard InChI is InChI=1S/C12H15FN2S/c1-8(2)11-7-16-12(15-11)14-10-5-3-9(13)4-6-10/h3-6,8,11H,7H2,1-2H3,(H,14,15). The number of amidine groups is 1. The molecule has 16 heavy (non-hydrogen) atoms. The average Bonchev–Trinajstić information content (AvgIpc) is 2.70. The second-order valence-corrected chi connectivity index (χ2v) is 5.20. The minimum absolute atomic E-state index is 0.216. The summed E-state index contributed by atoms with van der Waals surface area (Å²) >= 11 is 1.72. The molecule has 0 bridgehead atoms. The molecule has 0 saturated heterocycles. The molecular weight excluding hydrogens is 223 g/mol. The van der Waals surface area contributed by atoms with Crippen molar-refractivity contribution in [3.63, 3.8) is 0 Å². The van der Waals surface area contributed by atoms with Crippen LogP contribution in [0.2, 0.25) is 0 Å². The molecular formula is C12H15FN2S. The Labute approximate surface area is 99.3 Å². The molecule has 0 fully saturated rings. The lowest BCUT2D eigenvalue weighted by molar-refractivity contribution is 0.543. The van der Waals surface area contributed by atoms with Crippen molar-refractivity contribution >= 4 is 22.6 Å².